The summed E-state index contributed by atoms with van der Waals surface area (Å²) in [5.41, 5.74) is 9.67. The molecular weight excluding hydrogens is 689 g/mol. The van der Waals surface area contributed by atoms with Crippen molar-refractivity contribution in [3.05, 3.63) is 149 Å². The number of thiol groups is 1. The van der Waals surface area contributed by atoms with Crippen molar-refractivity contribution in [2.45, 2.75) is 0 Å². The summed E-state index contributed by atoms with van der Waals surface area (Å²) in [7, 11) is 5.86. The quantitative estimate of drug-likeness (QED) is 0.0812. The maximum atomic E-state index is 8.93. The molecule has 0 amide bonds. The molecule has 13 heteroatoms. The first-order chi connectivity index (χ1) is 23.4. The second-order valence-corrected chi connectivity index (χ2v) is 9.83. The molecule has 3 aromatic heterocycles. The number of aromatic nitrogens is 2. The van der Waals surface area contributed by atoms with Gasteiger partial charge in [-0.1, -0.05) is 36.4 Å². The zero-order valence-electron chi connectivity index (χ0n) is 25.7. The number of hydrogen-bond donors (Lipinski definition) is 2. The summed E-state index contributed by atoms with van der Waals surface area (Å²) in [6.07, 6.45) is 5.77. The van der Waals surface area contributed by atoms with Gasteiger partial charge < -0.3 is 19.6 Å². The summed E-state index contributed by atoms with van der Waals surface area (Å²) in [4.78, 5) is 0. The summed E-state index contributed by atoms with van der Waals surface area (Å²) >= 11 is 6.61. The van der Waals surface area contributed by atoms with Crippen LogP contribution in [0.4, 0.5) is 5.69 Å². The van der Waals surface area contributed by atoms with Crippen molar-refractivity contribution >= 4 is 48.9 Å². The van der Waals surface area contributed by atoms with Crippen LogP contribution in [0.3, 0.4) is 0 Å². The Kier molecular flexibility index (Phi) is 17.2. The van der Waals surface area contributed by atoms with E-state index in [2.05, 4.69) is 64.0 Å². The van der Waals surface area contributed by atoms with Gasteiger partial charge >= 0.3 is 36.6 Å². The van der Waals surface area contributed by atoms with Crippen molar-refractivity contribution in [2.75, 3.05) is 12.8 Å². The van der Waals surface area contributed by atoms with Crippen LogP contribution in [0, 0.1) is 34.0 Å². The number of nitrogens with zero attached hydrogens (tertiary/aromatic N) is 6. The Hall–Kier alpha value is -6.07. The summed E-state index contributed by atoms with van der Waals surface area (Å²) in [6.45, 7) is 3.15. The number of benzene rings is 3. The van der Waals surface area contributed by atoms with E-state index in [4.69, 9.17) is 30.7 Å². The average Bonchev–Trinajstić information content (AvgIpc) is 3.92. The van der Waals surface area contributed by atoms with Crippen LogP contribution in [0.1, 0.15) is 16.7 Å². The first kappa shape index (κ1) is 38.1. The number of nitrogen functional groups attached to an aromatic ring is 1. The van der Waals surface area contributed by atoms with Gasteiger partial charge in [-0.2, -0.15) is 15.8 Å². The second kappa shape index (κ2) is 21.6. The summed E-state index contributed by atoms with van der Waals surface area (Å²) in [6, 6.07) is 39.4. The van der Waals surface area contributed by atoms with Crippen LogP contribution in [0.2, 0.25) is 0 Å². The first-order valence-electron chi connectivity index (χ1n) is 13.7. The van der Waals surface area contributed by atoms with Gasteiger partial charge in [-0.05, 0) is 76.6 Å². The summed E-state index contributed by atoms with van der Waals surface area (Å²) < 4.78 is 21.6. The molecule has 3 heterocycles. The molecule has 0 bridgehead atoms. The van der Waals surface area contributed by atoms with E-state index in [1.165, 1.54) is 7.11 Å². The van der Waals surface area contributed by atoms with Crippen LogP contribution in [0.25, 0.3) is 11.4 Å². The zero-order chi connectivity index (χ0) is 35.1. The van der Waals surface area contributed by atoms with Gasteiger partial charge in [-0.25, -0.2) is 4.42 Å². The number of halogens is 1. The third kappa shape index (κ3) is 12.0. The predicted octanol–water partition coefficient (Wildman–Crippen LogP) is 8.15. The molecule has 48 heavy (non-hydrogen) atoms. The second-order valence-electron chi connectivity index (χ2n) is 8.79. The number of methoxy groups -OCH3 is 1. The maximum absolute atomic E-state index is 8.93. The Morgan fingerprint density at radius 1 is 0.792 bits per heavy atom. The van der Waals surface area contributed by atoms with E-state index >= 15 is 0 Å². The van der Waals surface area contributed by atoms with Gasteiger partial charge in [0.1, 0.15) is 18.2 Å². The summed E-state index contributed by atoms with van der Waals surface area (Å²) in [5.74, 6) is 0.778. The molecule has 2 N–H and O–H groups in total. The number of ether oxygens (including phenoxy) is 1. The number of para-hydroxylation sites is 3. The molecule has 10 nitrogen and oxygen atoms in total. The van der Waals surface area contributed by atoms with Gasteiger partial charge in [0, 0.05) is 24.3 Å². The van der Waals surface area contributed by atoms with Crippen LogP contribution >= 0.6 is 28.7 Å². The fourth-order valence-corrected chi connectivity index (χ4v) is 4.17. The van der Waals surface area contributed by atoms with Crippen molar-refractivity contribution in [3.8, 4) is 41.5 Å². The Morgan fingerprint density at radius 3 is 1.75 bits per heavy atom. The van der Waals surface area contributed by atoms with Gasteiger partial charge in [0.05, 0.1) is 51.9 Å². The standard InChI is InChI=1S/C11H7BrN2.C11H8N2.C7H6N2.C6H7O3.BHNS/c12-11-6-3-7-14(11)10-5-2-1-4-9(10)8-13;12-9-10-5-1-2-6-11(10)13-7-3-4-8-13;8-5-6-3-1-2-4-7(6)9;1-7-5-3-4-6(8-2)9-5;1-2-3/h1-7H;1-8H;1-4H,9H2;3-4H,1H2,2H3;3H/q;;;+1;. The van der Waals surface area contributed by atoms with E-state index in [9.17, 15) is 0 Å². The van der Waals surface area contributed by atoms with Crippen molar-refractivity contribution < 1.29 is 13.6 Å². The first-order valence-corrected chi connectivity index (χ1v) is 14.9. The van der Waals surface area contributed by atoms with E-state index < -0.39 is 0 Å². The molecule has 0 aliphatic heterocycles. The van der Waals surface area contributed by atoms with Gasteiger partial charge in [0.25, 0.3) is 0 Å². The molecule has 6 rings (SSSR count). The van der Waals surface area contributed by atoms with Gasteiger partial charge in [-0.15, -0.1) is 0 Å². The molecule has 237 valence electrons. The van der Waals surface area contributed by atoms with E-state index in [1.807, 2.05) is 107 Å². The van der Waals surface area contributed by atoms with Crippen molar-refractivity contribution in [1.82, 2.24) is 9.13 Å². The number of carbonyl (C=O) groups excluding carboxylic acids is 1. The number of rotatable bonds is 4. The van der Waals surface area contributed by atoms with Crippen molar-refractivity contribution in [3.63, 3.8) is 0 Å². The Morgan fingerprint density at radius 2 is 1.31 bits per heavy atom. The fraction of sp³-hybridized carbons (Fsp3) is 0.0286. The molecule has 3 aromatic carbocycles. The van der Waals surface area contributed by atoms with Crippen LogP contribution < -0.4 is 10.5 Å². The van der Waals surface area contributed by atoms with Crippen LogP contribution in [0.15, 0.2) is 141 Å². The molecule has 0 saturated heterocycles. The van der Waals surface area contributed by atoms with Crippen molar-refractivity contribution in [2.24, 2.45) is 4.30 Å². The van der Waals surface area contributed by atoms with Crippen LogP contribution in [-0.4, -0.2) is 30.7 Å². The monoisotopic (exact) mass is 717 g/mol. The van der Waals surface area contributed by atoms with Gasteiger partial charge in [0.2, 0.25) is 0 Å². The predicted molar refractivity (Wildman–Crippen MR) is 193 cm³/mol. The van der Waals surface area contributed by atoms with Crippen LogP contribution in [0.5, 0.6) is 11.9 Å². The molecule has 0 aliphatic carbocycles. The molecule has 0 aliphatic rings. The molecule has 6 aromatic rings. The normalized spacial score (nSPS) is 8.90. The third-order valence-electron chi connectivity index (χ3n) is 5.87. The van der Waals surface area contributed by atoms with Crippen LogP contribution in [-0.2, 0) is 4.42 Å². The van der Waals surface area contributed by atoms with E-state index in [-0.39, 0.29) is 0 Å². The fourth-order valence-electron chi connectivity index (χ4n) is 3.71. The van der Waals surface area contributed by atoms with Gasteiger partial charge in [0.15, 0.2) is 6.79 Å². The average molecular weight is 718 g/mol. The number of nitriles is 3. The minimum absolute atomic E-state index is 0.354. The molecule has 1 radical (unpaired) electrons. The summed E-state index contributed by atoms with van der Waals surface area (Å²) in [5, 5.41) is 26.2. The Balaban J connectivity index is 0.000000220. The minimum atomic E-state index is 0.354. The molecule has 0 spiro atoms. The zero-order valence-corrected chi connectivity index (χ0v) is 28.2. The van der Waals surface area contributed by atoms with Crippen molar-refractivity contribution in [1.29, 1.82) is 15.8 Å². The number of hydrogen-bond acceptors (Lipinski definition) is 8. The number of furan rings is 1. The Bertz CT molecular complexity index is 2010. The number of anilines is 1. The third-order valence-corrected chi connectivity index (χ3v) is 6.52. The number of nitrogens with two attached hydrogens (primary N) is 1. The molecule has 0 fully saturated rings. The molecule has 0 saturated carbocycles. The molecular formula is C35H29BBrN7O3S+. The van der Waals surface area contributed by atoms with E-state index in [1.54, 1.807) is 36.4 Å². The Labute approximate surface area is 294 Å². The van der Waals surface area contributed by atoms with E-state index in [0.717, 1.165) is 16.0 Å². The topological polar surface area (TPSA) is 153 Å². The molecule has 0 unspecified atom stereocenters. The van der Waals surface area contributed by atoms with E-state index in [0.29, 0.717) is 34.3 Å². The SMILES string of the molecule is C=[O+]c1ccc(OC)o1.N#Cc1ccccc1-n1cccc1.N#Cc1ccccc1-n1cccc1Br.N#Cc1ccccc1N.[B]=NS. The van der Waals surface area contributed by atoms with Gasteiger partial charge in [-0.3, -0.25) is 4.42 Å². The molecule has 0 atom stereocenters.